The number of methoxy groups -OCH3 is 1. The van der Waals surface area contributed by atoms with E-state index in [1.807, 2.05) is 0 Å². The van der Waals surface area contributed by atoms with E-state index in [2.05, 4.69) is 10.0 Å². The number of para-hydroxylation sites is 4. The van der Waals surface area contributed by atoms with Gasteiger partial charge < -0.3 is 14.8 Å². The van der Waals surface area contributed by atoms with Gasteiger partial charge in [-0.2, -0.15) is 0 Å². The van der Waals surface area contributed by atoms with Crippen LogP contribution >= 0.6 is 0 Å². The predicted molar refractivity (Wildman–Crippen MR) is 111 cm³/mol. The highest BCUT2D eigenvalue weighted by Crippen LogP contribution is 2.27. The fourth-order valence-electron chi connectivity index (χ4n) is 2.57. The van der Waals surface area contributed by atoms with Crippen LogP contribution in [0.3, 0.4) is 0 Å². The molecule has 0 fully saturated rings. The largest absolute Gasteiger partial charge is 0.493 e. The average molecular weight is 430 g/mol. The van der Waals surface area contributed by atoms with E-state index in [-0.39, 0.29) is 22.9 Å². The molecule has 7 nitrogen and oxygen atoms in total. The monoisotopic (exact) mass is 430 g/mol. The Morgan fingerprint density at radius 2 is 1.50 bits per heavy atom. The number of sulfonamides is 1. The minimum absolute atomic E-state index is 0.107. The molecule has 0 aliphatic rings. The van der Waals surface area contributed by atoms with E-state index < -0.39 is 21.7 Å². The molecular weight excluding hydrogens is 411 g/mol. The van der Waals surface area contributed by atoms with Gasteiger partial charge in [-0.25, -0.2) is 12.8 Å². The van der Waals surface area contributed by atoms with Crippen LogP contribution in [0.4, 0.5) is 15.8 Å². The average Bonchev–Trinajstić information content (AvgIpc) is 2.74. The second-order valence-corrected chi connectivity index (χ2v) is 7.78. The van der Waals surface area contributed by atoms with Crippen LogP contribution < -0.4 is 19.5 Å². The molecular formula is C21H19FN2O5S. The highest BCUT2D eigenvalue weighted by atomic mass is 32.2. The molecule has 0 radical (unpaired) electrons. The van der Waals surface area contributed by atoms with E-state index >= 15 is 0 Å². The van der Waals surface area contributed by atoms with E-state index in [0.717, 1.165) is 24.3 Å². The van der Waals surface area contributed by atoms with Crippen molar-refractivity contribution in [1.29, 1.82) is 0 Å². The molecule has 0 saturated carbocycles. The molecule has 3 rings (SSSR count). The van der Waals surface area contributed by atoms with E-state index in [1.54, 1.807) is 42.5 Å². The topological polar surface area (TPSA) is 93.7 Å². The summed E-state index contributed by atoms with van der Waals surface area (Å²) in [7, 11) is -2.48. The van der Waals surface area contributed by atoms with Crippen molar-refractivity contribution in [2.75, 3.05) is 23.8 Å². The van der Waals surface area contributed by atoms with E-state index in [1.165, 1.54) is 13.2 Å². The number of anilines is 2. The summed E-state index contributed by atoms with van der Waals surface area (Å²) in [6.45, 7) is -0.306. The number of amides is 1. The number of hydrogen-bond acceptors (Lipinski definition) is 5. The van der Waals surface area contributed by atoms with Gasteiger partial charge in [-0.05, 0) is 48.5 Å². The SMILES string of the molecule is COc1ccccc1OCC(=O)Nc1ccccc1NS(=O)(=O)c1ccc(F)cc1. The smallest absolute Gasteiger partial charge is 0.262 e. The summed E-state index contributed by atoms with van der Waals surface area (Å²) in [5.74, 6) is -0.149. The van der Waals surface area contributed by atoms with Crippen molar-refractivity contribution >= 4 is 27.3 Å². The standard InChI is InChI=1S/C21H19FN2O5S/c1-28-19-8-4-5-9-20(19)29-14-21(25)23-17-6-2-3-7-18(17)24-30(26,27)16-12-10-15(22)11-13-16/h2-13,24H,14H2,1H3,(H,23,25). The summed E-state index contributed by atoms with van der Waals surface area (Å²) < 4.78 is 51.2. The Balaban J connectivity index is 1.70. The van der Waals surface area contributed by atoms with Crippen LogP contribution in [-0.2, 0) is 14.8 Å². The summed E-state index contributed by atoms with van der Waals surface area (Å²) in [5, 5.41) is 2.61. The fraction of sp³-hybridized carbons (Fsp3) is 0.0952. The molecule has 0 unspecified atom stereocenters. The lowest BCUT2D eigenvalue weighted by Gasteiger charge is -2.14. The number of carbonyl (C=O) groups is 1. The first-order valence-electron chi connectivity index (χ1n) is 8.82. The van der Waals surface area contributed by atoms with Crippen molar-refractivity contribution in [2.45, 2.75) is 4.90 Å². The molecule has 3 aromatic carbocycles. The van der Waals surface area contributed by atoms with Gasteiger partial charge in [-0.3, -0.25) is 9.52 Å². The molecule has 0 bridgehead atoms. The van der Waals surface area contributed by atoms with Crippen LogP contribution in [0.1, 0.15) is 0 Å². The Morgan fingerprint density at radius 1 is 0.900 bits per heavy atom. The summed E-state index contributed by atoms with van der Waals surface area (Å²) in [6, 6.07) is 17.6. The van der Waals surface area contributed by atoms with Crippen molar-refractivity contribution in [3.05, 3.63) is 78.6 Å². The van der Waals surface area contributed by atoms with Crippen molar-refractivity contribution in [2.24, 2.45) is 0 Å². The van der Waals surface area contributed by atoms with Gasteiger partial charge in [-0.1, -0.05) is 24.3 Å². The summed E-state index contributed by atoms with van der Waals surface area (Å²) in [6.07, 6.45) is 0. The van der Waals surface area contributed by atoms with Crippen molar-refractivity contribution in [3.63, 3.8) is 0 Å². The molecule has 9 heteroatoms. The number of rotatable bonds is 8. The van der Waals surface area contributed by atoms with Crippen LogP contribution in [0.15, 0.2) is 77.7 Å². The van der Waals surface area contributed by atoms with Crippen molar-refractivity contribution in [3.8, 4) is 11.5 Å². The molecule has 3 aromatic rings. The van der Waals surface area contributed by atoms with Gasteiger partial charge in [0.2, 0.25) is 0 Å². The number of hydrogen-bond donors (Lipinski definition) is 2. The molecule has 0 heterocycles. The van der Waals surface area contributed by atoms with Gasteiger partial charge in [0.1, 0.15) is 5.82 Å². The molecule has 2 N–H and O–H groups in total. The van der Waals surface area contributed by atoms with E-state index in [9.17, 15) is 17.6 Å². The zero-order chi connectivity index (χ0) is 21.6. The second kappa shape index (κ2) is 9.27. The van der Waals surface area contributed by atoms with Crippen LogP contribution in [-0.4, -0.2) is 28.0 Å². The van der Waals surface area contributed by atoms with Gasteiger partial charge in [-0.15, -0.1) is 0 Å². The molecule has 0 aliphatic heterocycles. The first kappa shape index (κ1) is 21.1. The lowest BCUT2D eigenvalue weighted by Crippen LogP contribution is -2.22. The third-order valence-corrected chi connectivity index (χ3v) is 5.38. The fourth-order valence-corrected chi connectivity index (χ4v) is 3.65. The third kappa shape index (κ3) is 5.26. The van der Waals surface area contributed by atoms with Gasteiger partial charge >= 0.3 is 0 Å². The number of benzene rings is 3. The van der Waals surface area contributed by atoms with Gasteiger partial charge in [0.15, 0.2) is 18.1 Å². The maximum Gasteiger partial charge on any atom is 0.262 e. The Bertz CT molecular complexity index is 1130. The summed E-state index contributed by atoms with van der Waals surface area (Å²) in [5.41, 5.74) is 0.407. The second-order valence-electron chi connectivity index (χ2n) is 6.09. The molecule has 156 valence electrons. The van der Waals surface area contributed by atoms with Crippen LogP contribution in [0.25, 0.3) is 0 Å². The number of nitrogens with one attached hydrogen (secondary N) is 2. The lowest BCUT2D eigenvalue weighted by molar-refractivity contribution is -0.118. The Morgan fingerprint density at radius 3 is 2.17 bits per heavy atom. The molecule has 0 spiro atoms. The van der Waals surface area contributed by atoms with Crippen molar-refractivity contribution < 1.29 is 27.1 Å². The van der Waals surface area contributed by atoms with Gasteiger partial charge in [0.05, 0.1) is 23.4 Å². The highest BCUT2D eigenvalue weighted by molar-refractivity contribution is 7.92. The molecule has 0 saturated heterocycles. The van der Waals surface area contributed by atoms with Crippen molar-refractivity contribution in [1.82, 2.24) is 0 Å². The van der Waals surface area contributed by atoms with Gasteiger partial charge in [0.25, 0.3) is 15.9 Å². The van der Waals surface area contributed by atoms with E-state index in [4.69, 9.17) is 9.47 Å². The highest BCUT2D eigenvalue weighted by Gasteiger charge is 2.17. The van der Waals surface area contributed by atoms with Gasteiger partial charge in [0, 0.05) is 0 Å². The maximum atomic E-state index is 13.1. The Labute approximate surface area is 173 Å². The lowest BCUT2D eigenvalue weighted by atomic mass is 10.2. The number of halogens is 1. The first-order valence-corrected chi connectivity index (χ1v) is 10.3. The van der Waals surface area contributed by atoms with Crippen LogP contribution in [0, 0.1) is 5.82 Å². The zero-order valence-corrected chi connectivity index (χ0v) is 16.8. The molecule has 30 heavy (non-hydrogen) atoms. The third-order valence-electron chi connectivity index (χ3n) is 4.00. The molecule has 0 aliphatic carbocycles. The van der Waals surface area contributed by atoms with E-state index in [0.29, 0.717) is 11.5 Å². The number of carbonyl (C=O) groups excluding carboxylic acids is 1. The predicted octanol–water partition coefficient (Wildman–Crippen LogP) is 3.65. The molecule has 1 amide bonds. The molecule has 0 aromatic heterocycles. The van der Waals surface area contributed by atoms with Crippen LogP contribution in [0.2, 0.25) is 0 Å². The summed E-state index contributed by atoms with van der Waals surface area (Å²) >= 11 is 0. The maximum absolute atomic E-state index is 13.1. The minimum atomic E-state index is -3.97. The first-order chi connectivity index (χ1) is 14.4. The quantitative estimate of drug-likeness (QED) is 0.569. The molecule has 0 atom stereocenters. The Hall–Kier alpha value is -3.59. The Kier molecular flexibility index (Phi) is 6.53. The zero-order valence-electron chi connectivity index (χ0n) is 16.0. The minimum Gasteiger partial charge on any atom is -0.493 e. The normalized spacial score (nSPS) is 10.9. The summed E-state index contributed by atoms with van der Waals surface area (Å²) in [4.78, 5) is 12.2. The number of ether oxygens (including phenoxy) is 2. The van der Waals surface area contributed by atoms with Crippen LogP contribution in [0.5, 0.6) is 11.5 Å².